The third kappa shape index (κ3) is 4.35. The highest BCUT2D eigenvalue weighted by Crippen LogP contribution is 2.19. The van der Waals surface area contributed by atoms with E-state index in [2.05, 4.69) is 10.6 Å². The van der Waals surface area contributed by atoms with E-state index < -0.39 is 0 Å². The van der Waals surface area contributed by atoms with Gasteiger partial charge >= 0.3 is 0 Å². The second-order valence-corrected chi connectivity index (χ2v) is 4.75. The first-order chi connectivity index (χ1) is 9.49. The summed E-state index contributed by atoms with van der Waals surface area (Å²) in [6.45, 7) is 6.59. The number of nitrogens with one attached hydrogen (secondary N) is 2. The van der Waals surface area contributed by atoms with Crippen LogP contribution in [-0.2, 0) is 9.59 Å². The Hall–Kier alpha value is -1.88. The van der Waals surface area contributed by atoms with Gasteiger partial charge in [-0.25, -0.2) is 0 Å². The molecular formula is C15H23N3O2. The first-order valence-electron chi connectivity index (χ1n) is 6.78. The van der Waals surface area contributed by atoms with E-state index in [9.17, 15) is 9.59 Å². The van der Waals surface area contributed by atoms with E-state index in [-0.39, 0.29) is 24.9 Å². The maximum atomic E-state index is 12.1. The molecule has 0 fully saturated rings. The van der Waals surface area contributed by atoms with Gasteiger partial charge in [-0.2, -0.15) is 0 Å². The van der Waals surface area contributed by atoms with Gasteiger partial charge in [0.2, 0.25) is 11.8 Å². The van der Waals surface area contributed by atoms with Crippen LogP contribution in [0.25, 0.3) is 0 Å². The van der Waals surface area contributed by atoms with Crippen LogP contribution in [0.2, 0.25) is 0 Å². The smallest absolute Gasteiger partial charge is 0.244 e. The molecule has 0 bridgehead atoms. The maximum Gasteiger partial charge on any atom is 0.244 e. The molecule has 2 N–H and O–H groups in total. The minimum absolute atomic E-state index is 0.0742. The van der Waals surface area contributed by atoms with Crippen molar-refractivity contribution in [2.75, 3.05) is 32.0 Å². The topological polar surface area (TPSA) is 61.4 Å². The maximum absolute atomic E-state index is 12.1. The lowest BCUT2D eigenvalue weighted by molar-refractivity contribution is -0.133. The molecule has 0 saturated heterocycles. The number of hydrogen-bond donors (Lipinski definition) is 2. The zero-order chi connectivity index (χ0) is 15.1. The van der Waals surface area contributed by atoms with Crippen LogP contribution in [0.3, 0.4) is 0 Å². The van der Waals surface area contributed by atoms with E-state index in [4.69, 9.17) is 0 Å². The van der Waals surface area contributed by atoms with Gasteiger partial charge in [-0.3, -0.25) is 9.59 Å². The lowest BCUT2D eigenvalue weighted by atomic mass is 10.1. The summed E-state index contributed by atoms with van der Waals surface area (Å²) in [6, 6.07) is 5.85. The molecule has 0 aromatic heterocycles. The molecule has 20 heavy (non-hydrogen) atoms. The minimum Gasteiger partial charge on any atom is -0.333 e. The van der Waals surface area contributed by atoms with Crippen molar-refractivity contribution in [1.82, 2.24) is 10.2 Å². The normalized spacial score (nSPS) is 10.2. The Labute approximate surface area is 120 Å². The van der Waals surface area contributed by atoms with Crippen LogP contribution >= 0.6 is 0 Å². The number of rotatable bonds is 6. The van der Waals surface area contributed by atoms with Gasteiger partial charge in [-0.15, -0.1) is 0 Å². The highest BCUT2D eigenvalue weighted by molar-refractivity contribution is 5.95. The number of carbonyl (C=O) groups excluding carboxylic acids is 2. The molecule has 0 aliphatic rings. The van der Waals surface area contributed by atoms with Gasteiger partial charge in [0.05, 0.1) is 13.1 Å². The second kappa shape index (κ2) is 7.65. The molecule has 1 aromatic rings. The van der Waals surface area contributed by atoms with E-state index in [0.717, 1.165) is 16.8 Å². The van der Waals surface area contributed by atoms with E-state index in [1.165, 1.54) is 4.90 Å². The van der Waals surface area contributed by atoms with Crippen molar-refractivity contribution in [2.24, 2.45) is 0 Å². The number of aryl methyl sites for hydroxylation is 2. The van der Waals surface area contributed by atoms with Crippen molar-refractivity contribution < 1.29 is 9.59 Å². The largest absolute Gasteiger partial charge is 0.333 e. The Morgan fingerprint density at radius 3 is 2.30 bits per heavy atom. The fraction of sp³-hybridized carbons (Fsp3) is 0.467. The SMILES string of the molecule is CCN(CC(=O)Nc1c(C)cccc1C)C(=O)CNC. The van der Waals surface area contributed by atoms with Crippen LogP contribution < -0.4 is 10.6 Å². The van der Waals surface area contributed by atoms with Crippen LogP contribution in [-0.4, -0.2) is 43.4 Å². The van der Waals surface area contributed by atoms with Gasteiger partial charge in [0.25, 0.3) is 0 Å². The van der Waals surface area contributed by atoms with Crippen LogP contribution in [0.5, 0.6) is 0 Å². The highest BCUT2D eigenvalue weighted by atomic mass is 16.2. The highest BCUT2D eigenvalue weighted by Gasteiger charge is 2.15. The van der Waals surface area contributed by atoms with Gasteiger partial charge in [0.1, 0.15) is 0 Å². The zero-order valence-corrected chi connectivity index (χ0v) is 12.6. The summed E-state index contributed by atoms with van der Waals surface area (Å²) in [7, 11) is 1.71. The monoisotopic (exact) mass is 277 g/mol. The van der Waals surface area contributed by atoms with Crippen LogP contribution in [0.1, 0.15) is 18.1 Å². The van der Waals surface area contributed by atoms with Crippen molar-refractivity contribution >= 4 is 17.5 Å². The Morgan fingerprint density at radius 1 is 1.20 bits per heavy atom. The van der Waals surface area contributed by atoms with E-state index in [1.54, 1.807) is 7.05 Å². The summed E-state index contributed by atoms with van der Waals surface area (Å²) >= 11 is 0. The van der Waals surface area contributed by atoms with Gasteiger partial charge in [-0.05, 0) is 38.9 Å². The standard InChI is InChI=1S/C15H23N3O2/c1-5-18(14(20)9-16-4)10-13(19)17-15-11(2)7-6-8-12(15)3/h6-8,16H,5,9-10H2,1-4H3,(H,17,19). The van der Waals surface area contributed by atoms with Gasteiger partial charge < -0.3 is 15.5 Å². The van der Waals surface area contributed by atoms with Gasteiger partial charge in [-0.1, -0.05) is 18.2 Å². The Balaban J connectivity index is 2.69. The molecule has 1 rings (SSSR count). The molecule has 1 aromatic carbocycles. The molecule has 0 heterocycles. The second-order valence-electron chi connectivity index (χ2n) is 4.75. The van der Waals surface area contributed by atoms with Crippen molar-refractivity contribution in [1.29, 1.82) is 0 Å². The summed E-state index contributed by atoms with van der Waals surface area (Å²) in [5, 5.41) is 5.69. The quantitative estimate of drug-likeness (QED) is 0.824. The van der Waals surface area contributed by atoms with E-state index in [0.29, 0.717) is 6.54 Å². The number of likely N-dealkylation sites (N-methyl/N-ethyl adjacent to an activating group) is 2. The van der Waals surface area contributed by atoms with Crippen molar-refractivity contribution in [3.8, 4) is 0 Å². The molecule has 0 spiro atoms. The van der Waals surface area contributed by atoms with Crippen LogP contribution in [0.4, 0.5) is 5.69 Å². The Bertz CT molecular complexity index is 466. The molecule has 0 unspecified atom stereocenters. The molecular weight excluding hydrogens is 254 g/mol. The number of hydrogen-bond acceptors (Lipinski definition) is 3. The molecule has 0 aliphatic heterocycles. The number of anilines is 1. The third-order valence-corrected chi connectivity index (χ3v) is 3.14. The molecule has 0 aliphatic carbocycles. The fourth-order valence-electron chi connectivity index (χ4n) is 2.00. The fourth-order valence-corrected chi connectivity index (χ4v) is 2.00. The molecule has 5 heteroatoms. The lowest BCUT2D eigenvalue weighted by Gasteiger charge is -2.21. The van der Waals surface area contributed by atoms with Gasteiger partial charge in [0, 0.05) is 12.2 Å². The molecule has 5 nitrogen and oxygen atoms in total. The predicted molar refractivity (Wildman–Crippen MR) is 80.7 cm³/mol. The zero-order valence-electron chi connectivity index (χ0n) is 12.6. The number of amides is 2. The number of nitrogens with zero attached hydrogens (tertiary/aromatic N) is 1. The third-order valence-electron chi connectivity index (χ3n) is 3.14. The molecule has 110 valence electrons. The summed E-state index contributed by atoms with van der Waals surface area (Å²) in [6.07, 6.45) is 0. The first kappa shape index (κ1) is 16.2. The number of carbonyl (C=O) groups is 2. The Morgan fingerprint density at radius 2 is 1.80 bits per heavy atom. The molecule has 0 radical (unpaired) electrons. The number of benzene rings is 1. The first-order valence-corrected chi connectivity index (χ1v) is 6.78. The molecule has 0 saturated carbocycles. The van der Waals surface area contributed by atoms with Crippen molar-refractivity contribution in [3.05, 3.63) is 29.3 Å². The number of para-hydroxylation sites is 1. The van der Waals surface area contributed by atoms with Crippen molar-refractivity contribution in [2.45, 2.75) is 20.8 Å². The molecule has 2 amide bonds. The summed E-state index contributed by atoms with van der Waals surface area (Å²) in [5.41, 5.74) is 2.86. The minimum atomic E-state index is -0.172. The lowest BCUT2D eigenvalue weighted by Crippen LogP contribution is -2.41. The molecule has 0 atom stereocenters. The van der Waals surface area contributed by atoms with Crippen LogP contribution in [0.15, 0.2) is 18.2 Å². The summed E-state index contributed by atoms with van der Waals surface area (Å²) in [5.74, 6) is -0.250. The van der Waals surface area contributed by atoms with Gasteiger partial charge in [0.15, 0.2) is 0 Å². The average molecular weight is 277 g/mol. The van der Waals surface area contributed by atoms with E-state index in [1.807, 2.05) is 39.0 Å². The van der Waals surface area contributed by atoms with E-state index >= 15 is 0 Å². The Kier molecular flexibility index (Phi) is 6.18. The van der Waals surface area contributed by atoms with Crippen molar-refractivity contribution in [3.63, 3.8) is 0 Å². The summed E-state index contributed by atoms with van der Waals surface area (Å²) < 4.78 is 0. The summed E-state index contributed by atoms with van der Waals surface area (Å²) in [4.78, 5) is 25.4. The predicted octanol–water partition coefficient (Wildman–Crippen LogP) is 1.31. The van der Waals surface area contributed by atoms with Crippen LogP contribution in [0, 0.1) is 13.8 Å². The average Bonchev–Trinajstić information content (AvgIpc) is 2.40.